The molecule has 2 bridgehead atoms. The third-order valence-corrected chi connectivity index (χ3v) is 5.56. The molecule has 3 unspecified atom stereocenters. The standard InChI is InChI=1S/C16H19NO3S/c18-15(19)4-2-11-6-13(21-9-11)8-17-16(20)14-7-10-1-3-12(14)5-10/h2,4,6,9-10,12,14H,1,3,5,7-8H2,(H,17,20)(H,18,19). The van der Waals surface area contributed by atoms with Crippen molar-refractivity contribution in [2.24, 2.45) is 17.8 Å². The molecule has 1 aromatic heterocycles. The van der Waals surface area contributed by atoms with Crippen molar-refractivity contribution < 1.29 is 14.7 Å². The second kappa shape index (κ2) is 6.02. The molecule has 2 aliphatic rings. The van der Waals surface area contributed by atoms with Gasteiger partial charge in [0, 0.05) is 16.9 Å². The molecule has 0 aromatic carbocycles. The summed E-state index contributed by atoms with van der Waals surface area (Å²) in [5.41, 5.74) is 0.867. The molecule has 112 valence electrons. The first-order chi connectivity index (χ1) is 10.1. The van der Waals surface area contributed by atoms with Crippen molar-refractivity contribution in [1.29, 1.82) is 0 Å². The van der Waals surface area contributed by atoms with Gasteiger partial charge in [0.15, 0.2) is 0 Å². The van der Waals surface area contributed by atoms with E-state index in [1.165, 1.54) is 19.3 Å². The highest BCUT2D eigenvalue weighted by Gasteiger charge is 2.42. The fourth-order valence-corrected chi connectivity index (χ4v) is 4.41. The SMILES string of the molecule is O=C(O)C=Cc1csc(CNC(=O)C2CC3CCC2C3)c1. The predicted octanol–water partition coefficient (Wildman–Crippen LogP) is 2.90. The normalized spacial score (nSPS) is 27.3. The Kier molecular flexibility index (Phi) is 4.10. The van der Waals surface area contributed by atoms with Gasteiger partial charge in [-0.3, -0.25) is 4.79 Å². The lowest BCUT2D eigenvalue weighted by atomic mass is 9.88. The summed E-state index contributed by atoms with van der Waals surface area (Å²) in [5, 5.41) is 13.5. The molecule has 0 saturated heterocycles. The van der Waals surface area contributed by atoms with E-state index in [2.05, 4.69) is 5.32 Å². The van der Waals surface area contributed by atoms with Crippen molar-refractivity contribution >= 4 is 29.3 Å². The molecule has 0 aliphatic heterocycles. The average molecular weight is 305 g/mol. The molecule has 3 rings (SSSR count). The number of fused-ring (bicyclic) bond motifs is 2. The third-order valence-electron chi connectivity index (χ3n) is 4.60. The molecular weight excluding hydrogens is 286 g/mol. The molecule has 0 spiro atoms. The van der Waals surface area contributed by atoms with Crippen LogP contribution in [-0.4, -0.2) is 17.0 Å². The Balaban J connectivity index is 1.51. The van der Waals surface area contributed by atoms with Gasteiger partial charge in [0.2, 0.25) is 5.91 Å². The Morgan fingerprint density at radius 3 is 2.90 bits per heavy atom. The van der Waals surface area contributed by atoms with Gasteiger partial charge >= 0.3 is 5.97 Å². The van der Waals surface area contributed by atoms with Crippen molar-refractivity contribution in [2.45, 2.75) is 32.2 Å². The summed E-state index contributed by atoms with van der Waals surface area (Å²) in [6.07, 6.45) is 7.51. The summed E-state index contributed by atoms with van der Waals surface area (Å²) in [4.78, 5) is 23.7. The number of aliphatic carboxylic acids is 1. The Morgan fingerprint density at radius 1 is 1.38 bits per heavy atom. The first-order valence-corrected chi connectivity index (χ1v) is 8.26. The summed E-state index contributed by atoms with van der Waals surface area (Å²) in [6, 6.07) is 1.92. The number of carboxylic acids is 1. The van der Waals surface area contributed by atoms with Crippen LogP contribution in [0.2, 0.25) is 0 Å². The minimum Gasteiger partial charge on any atom is -0.478 e. The van der Waals surface area contributed by atoms with Crippen LogP contribution in [0.4, 0.5) is 0 Å². The number of carbonyl (C=O) groups is 2. The Hall–Kier alpha value is -1.62. The Bertz CT molecular complexity index is 578. The lowest BCUT2D eigenvalue weighted by Crippen LogP contribution is -2.33. The zero-order valence-corrected chi connectivity index (χ0v) is 12.6. The minimum atomic E-state index is -0.952. The van der Waals surface area contributed by atoms with E-state index in [1.54, 1.807) is 17.4 Å². The average Bonchev–Trinajstić information content (AvgIpc) is 3.18. The van der Waals surface area contributed by atoms with Gasteiger partial charge in [-0.25, -0.2) is 4.79 Å². The Morgan fingerprint density at radius 2 is 2.24 bits per heavy atom. The molecule has 0 radical (unpaired) electrons. The fourth-order valence-electron chi connectivity index (χ4n) is 3.62. The predicted molar refractivity (Wildman–Crippen MR) is 81.8 cm³/mol. The monoisotopic (exact) mass is 305 g/mol. The van der Waals surface area contributed by atoms with Crippen LogP contribution in [0.5, 0.6) is 0 Å². The van der Waals surface area contributed by atoms with E-state index >= 15 is 0 Å². The van der Waals surface area contributed by atoms with Crippen LogP contribution in [0.3, 0.4) is 0 Å². The van der Waals surface area contributed by atoms with E-state index in [0.717, 1.165) is 28.9 Å². The van der Waals surface area contributed by atoms with Gasteiger partial charge < -0.3 is 10.4 Å². The molecule has 3 atom stereocenters. The second-order valence-corrected chi connectivity index (χ2v) is 7.01. The van der Waals surface area contributed by atoms with Crippen LogP contribution >= 0.6 is 11.3 Å². The van der Waals surface area contributed by atoms with Crippen molar-refractivity contribution in [2.75, 3.05) is 0 Å². The molecule has 2 aliphatic carbocycles. The van der Waals surface area contributed by atoms with Gasteiger partial charge in [0.05, 0.1) is 6.54 Å². The molecular formula is C16H19NO3S. The maximum Gasteiger partial charge on any atom is 0.328 e. The summed E-state index contributed by atoms with van der Waals surface area (Å²) in [5.74, 6) is 0.841. The number of thiophene rings is 1. The van der Waals surface area contributed by atoms with Gasteiger partial charge in [-0.1, -0.05) is 6.42 Å². The molecule has 2 N–H and O–H groups in total. The number of amides is 1. The highest BCUT2D eigenvalue weighted by atomic mass is 32.1. The number of nitrogens with one attached hydrogen (secondary N) is 1. The maximum absolute atomic E-state index is 12.2. The van der Waals surface area contributed by atoms with Crippen molar-refractivity contribution in [1.82, 2.24) is 5.32 Å². The van der Waals surface area contributed by atoms with E-state index in [0.29, 0.717) is 12.5 Å². The summed E-state index contributed by atoms with van der Waals surface area (Å²) in [7, 11) is 0. The number of hydrogen-bond acceptors (Lipinski definition) is 3. The smallest absolute Gasteiger partial charge is 0.328 e. The molecule has 1 heterocycles. The summed E-state index contributed by atoms with van der Waals surface area (Å²) < 4.78 is 0. The molecule has 4 nitrogen and oxygen atoms in total. The maximum atomic E-state index is 12.2. The zero-order chi connectivity index (χ0) is 14.8. The molecule has 5 heteroatoms. The molecule has 21 heavy (non-hydrogen) atoms. The third kappa shape index (κ3) is 3.35. The Labute approximate surface area is 127 Å². The molecule has 1 aromatic rings. The first-order valence-electron chi connectivity index (χ1n) is 7.38. The lowest BCUT2D eigenvalue weighted by Gasteiger charge is -2.20. The minimum absolute atomic E-state index is 0.193. The zero-order valence-electron chi connectivity index (χ0n) is 11.7. The van der Waals surface area contributed by atoms with Gasteiger partial charge in [-0.05, 0) is 54.2 Å². The van der Waals surface area contributed by atoms with Crippen molar-refractivity contribution in [3.63, 3.8) is 0 Å². The number of hydrogen-bond donors (Lipinski definition) is 2. The van der Waals surface area contributed by atoms with Crippen LogP contribution in [0.1, 0.15) is 36.1 Å². The summed E-state index contributed by atoms with van der Waals surface area (Å²) >= 11 is 1.54. The van der Waals surface area contributed by atoms with E-state index < -0.39 is 5.97 Å². The summed E-state index contributed by atoms with van der Waals surface area (Å²) in [6.45, 7) is 0.540. The van der Waals surface area contributed by atoms with E-state index in [9.17, 15) is 9.59 Å². The van der Waals surface area contributed by atoms with Gasteiger partial charge in [-0.15, -0.1) is 11.3 Å². The van der Waals surface area contributed by atoms with E-state index in [-0.39, 0.29) is 11.8 Å². The van der Waals surface area contributed by atoms with Gasteiger partial charge in [-0.2, -0.15) is 0 Å². The van der Waals surface area contributed by atoms with Gasteiger partial charge in [0.1, 0.15) is 0 Å². The number of carbonyl (C=O) groups excluding carboxylic acids is 1. The van der Waals surface area contributed by atoms with Crippen LogP contribution < -0.4 is 5.32 Å². The van der Waals surface area contributed by atoms with Crippen LogP contribution in [-0.2, 0) is 16.1 Å². The first kappa shape index (κ1) is 14.3. The molecule has 1 amide bonds. The number of carboxylic acid groups (broad SMARTS) is 1. The highest BCUT2D eigenvalue weighted by Crippen LogP contribution is 2.48. The molecule has 2 saturated carbocycles. The lowest BCUT2D eigenvalue weighted by molar-refractivity contribution is -0.131. The number of rotatable bonds is 5. The van der Waals surface area contributed by atoms with Crippen LogP contribution in [0.25, 0.3) is 6.08 Å². The topological polar surface area (TPSA) is 66.4 Å². The van der Waals surface area contributed by atoms with Crippen molar-refractivity contribution in [3.8, 4) is 0 Å². The van der Waals surface area contributed by atoms with Crippen LogP contribution in [0.15, 0.2) is 17.5 Å². The van der Waals surface area contributed by atoms with Crippen molar-refractivity contribution in [3.05, 3.63) is 28.0 Å². The largest absolute Gasteiger partial charge is 0.478 e. The second-order valence-electron chi connectivity index (χ2n) is 6.02. The van der Waals surface area contributed by atoms with E-state index in [4.69, 9.17) is 5.11 Å². The van der Waals surface area contributed by atoms with E-state index in [1.807, 2.05) is 11.4 Å². The quantitative estimate of drug-likeness (QED) is 0.822. The highest BCUT2D eigenvalue weighted by molar-refractivity contribution is 7.10. The van der Waals surface area contributed by atoms with Crippen LogP contribution in [0, 0.1) is 17.8 Å². The van der Waals surface area contributed by atoms with Gasteiger partial charge in [0.25, 0.3) is 0 Å². The fraction of sp³-hybridized carbons (Fsp3) is 0.500. The molecule has 2 fully saturated rings.